The number of piperazine rings is 1. The molecule has 1 atom stereocenters. The number of hydrogen-bond donors (Lipinski definition) is 1. The zero-order valence-electron chi connectivity index (χ0n) is 15.1. The summed E-state index contributed by atoms with van der Waals surface area (Å²) < 4.78 is 12.0. The molecule has 0 saturated carbocycles. The van der Waals surface area contributed by atoms with Crippen molar-refractivity contribution in [1.29, 1.82) is 0 Å². The molecule has 0 radical (unpaired) electrons. The molecule has 0 aliphatic carbocycles. The second-order valence-electron chi connectivity index (χ2n) is 6.93. The molecule has 0 amide bonds. The van der Waals surface area contributed by atoms with Crippen LogP contribution in [0.2, 0.25) is 0 Å². The average Bonchev–Trinajstić information content (AvgIpc) is 2.61. The van der Waals surface area contributed by atoms with Gasteiger partial charge in [-0.25, -0.2) is 0 Å². The van der Waals surface area contributed by atoms with Gasteiger partial charge in [0.2, 0.25) is 0 Å². The Labute approximate surface area is 145 Å². The fraction of sp³-hybridized carbons (Fsp3) is 0.684. The molecule has 5 nitrogen and oxygen atoms in total. The van der Waals surface area contributed by atoms with Crippen molar-refractivity contribution in [3.05, 3.63) is 23.8 Å². The maximum Gasteiger partial charge on any atom is 0.164 e. The summed E-state index contributed by atoms with van der Waals surface area (Å²) in [4.78, 5) is 4.87. The number of methoxy groups -OCH3 is 1. The Bertz CT molecular complexity index is 517. The molecular weight excluding hydrogens is 302 g/mol. The second kappa shape index (κ2) is 8.70. The molecule has 0 aromatic heterocycles. The van der Waals surface area contributed by atoms with E-state index >= 15 is 0 Å². The third kappa shape index (κ3) is 4.62. The van der Waals surface area contributed by atoms with E-state index < -0.39 is 0 Å². The monoisotopic (exact) mass is 333 g/mol. The smallest absolute Gasteiger partial charge is 0.164 e. The van der Waals surface area contributed by atoms with E-state index in [0.717, 1.165) is 63.6 Å². The molecular formula is C19H31N3O2. The first kappa shape index (κ1) is 17.5. The van der Waals surface area contributed by atoms with Crippen LogP contribution >= 0.6 is 0 Å². The lowest BCUT2D eigenvalue weighted by Gasteiger charge is -2.31. The average molecular weight is 333 g/mol. The van der Waals surface area contributed by atoms with E-state index in [1.54, 1.807) is 7.11 Å². The van der Waals surface area contributed by atoms with Crippen LogP contribution in [0, 0.1) is 0 Å². The van der Waals surface area contributed by atoms with Crippen molar-refractivity contribution in [2.45, 2.75) is 25.4 Å². The third-order valence-corrected chi connectivity index (χ3v) is 5.05. The van der Waals surface area contributed by atoms with E-state index in [1.165, 1.54) is 18.5 Å². The van der Waals surface area contributed by atoms with Crippen molar-refractivity contribution < 1.29 is 9.47 Å². The standard InChI is InChI=1S/C19H31N3O2/c1-21-11-4-6-17(15-21)24-19-16(5-3-7-18(19)23-2)8-12-22-13-9-20-10-14-22/h3,5,7,17,20H,4,6,8-15H2,1-2H3. The number of hydrogen-bond acceptors (Lipinski definition) is 5. The number of ether oxygens (including phenoxy) is 2. The van der Waals surface area contributed by atoms with Crippen LogP contribution in [0.1, 0.15) is 18.4 Å². The number of piperidine rings is 1. The molecule has 1 unspecified atom stereocenters. The fourth-order valence-electron chi connectivity index (χ4n) is 3.65. The maximum absolute atomic E-state index is 6.42. The summed E-state index contributed by atoms with van der Waals surface area (Å²) in [7, 11) is 3.90. The van der Waals surface area contributed by atoms with Crippen LogP contribution in [0.15, 0.2) is 18.2 Å². The van der Waals surface area contributed by atoms with E-state index in [-0.39, 0.29) is 6.10 Å². The molecule has 1 aromatic carbocycles. The molecule has 24 heavy (non-hydrogen) atoms. The van der Waals surface area contributed by atoms with Crippen molar-refractivity contribution in [2.75, 3.05) is 60.0 Å². The lowest BCUT2D eigenvalue weighted by molar-refractivity contribution is 0.1000. The Morgan fingerprint density at radius 2 is 2.04 bits per heavy atom. The first-order valence-electron chi connectivity index (χ1n) is 9.20. The van der Waals surface area contributed by atoms with E-state index in [1.807, 2.05) is 6.07 Å². The Balaban J connectivity index is 1.68. The zero-order valence-corrected chi connectivity index (χ0v) is 15.1. The van der Waals surface area contributed by atoms with Crippen molar-refractivity contribution in [1.82, 2.24) is 15.1 Å². The maximum atomic E-state index is 6.42. The molecule has 3 rings (SSSR count). The van der Waals surface area contributed by atoms with Gasteiger partial charge in [0.25, 0.3) is 0 Å². The first-order valence-corrected chi connectivity index (χ1v) is 9.20. The number of likely N-dealkylation sites (N-methyl/N-ethyl adjacent to an activating group) is 1. The van der Waals surface area contributed by atoms with Crippen LogP contribution in [0.25, 0.3) is 0 Å². The van der Waals surface area contributed by atoms with E-state index in [9.17, 15) is 0 Å². The molecule has 1 N–H and O–H groups in total. The summed E-state index contributed by atoms with van der Waals surface area (Å²) in [5.41, 5.74) is 1.26. The lowest BCUT2D eigenvalue weighted by Crippen LogP contribution is -2.44. The zero-order chi connectivity index (χ0) is 16.8. The number of nitrogens with zero attached hydrogens (tertiary/aromatic N) is 2. The van der Waals surface area contributed by atoms with E-state index in [0.29, 0.717) is 0 Å². The summed E-state index contributed by atoms with van der Waals surface area (Å²) in [6, 6.07) is 6.27. The predicted octanol–water partition coefficient (Wildman–Crippen LogP) is 1.62. The second-order valence-corrected chi connectivity index (χ2v) is 6.93. The SMILES string of the molecule is COc1cccc(CCN2CCNCC2)c1OC1CCCN(C)C1. The number of rotatable bonds is 6. The van der Waals surface area contributed by atoms with Crippen molar-refractivity contribution in [3.63, 3.8) is 0 Å². The quantitative estimate of drug-likeness (QED) is 0.856. The highest BCUT2D eigenvalue weighted by Gasteiger charge is 2.22. The summed E-state index contributed by atoms with van der Waals surface area (Å²) >= 11 is 0. The number of nitrogens with one attached hydrogen (secondary N) is 1. The lowest BCUT2D eigenvalue weighted by atomic mass is 10.1. The van der Waals surface area contributed by atoms with Gasteiger partial charge in [-0.15, -0.1) is 0 Å². The van der Waals surface area contributed by atoms with Crippen LogP contribution in [-0.2, 0) is 6.42 Å². The van der Waals surface area contributed by atoms with Gasteiger partial charge in [0.1, 0.15) is 6.10 Å². The number of benzene rings is 1. The van der Waals surface area contributed by atoms with Crippen LogP contribution < -0.4 is 14.8 Å². The van der Waals surface area contributed by atoms with Gasteiger partial charge in [-0.1, -0.05) is 12.1 Å². The van der Waals surface area contributed by atoms with Gasteiger partial charge in [0, 0.05) is 39.3 Å². The highest BCUT2D eigenvalue weighted by Crippen LogP contribution is 2.33. The van der Waals surface area contributed by atoms with Gasteiger partial charge in [0.15, 0.2) is 11.5 Å². The molecule has 2 fully saturated rings. The molecule has 5 heteroatoms. The molecule has 2 aliphatic heterocycles. The highest BCUT2D eigenvalue weighted by atomic mass is 16.5. The topological polar surface area (TPSA) is 37.0 Å². The van der Waals surface area contributed by atoms with Crippen molar-refractivity contribution in [3.8, 4) is 11.5 Å². The molecule has 1 aromatic rings. The number of para-hydroxylation sites is 1. The Hall–Kier alpha value is -1.30. The summed E-state index contributed by atoms with van der Waals surface area (Å²) in [5, 5.41) is 3.41. The van der Waals surface area contributed by atoms with Gasteiger partial charge < -0.3 is 24.6 Å². The minimum Gasteiger partial charge on any atom is -0.493 e. The molecule has 0 spiro atoms. The molecule has 2 heterocycles. The number of likely N-dealkylation sites (tertiary alicyclic amines) is 1. The van der Waals surface area contributed by atoms with Gasteiger partial charge >= 0.3 is 0 Å². The fourth-order valence-corrected chi connectivity index (χ4v) is 3.65. The van der Waals surface area contributed by atoms with Gasteiger partial charge in [-0.3, -0.25) is 0 Å². The molecule has 2 saturated heterocycles. The molecule has 2 aliphatic rings. The summed E-state index contributed by atoms with van der Waals surface area (Å²) in [6.45, 7) is 7.69. The highest BCUT2D eigenvalue weighted by molar-refractivity contribution is 5.47. The Morgan fingerprint density at radius 3 is 2.79 bits per heavy atom. The van der Waals surface area contributed by atoms with Gasteiger partial charge in [-0.2, -0.15) is 0 Å². The minimum atomic E-state index is 0.262. The first-order chi connectivity index (χ1) is 11.8. The Kier molecular flexibility index (Phi) is 6.35. The summed E-state index contributed by atoms with van der Waals surface area (Å²) in [6.07, 6.45) is 3.60. The largest absolute Gasteiger partial charge is 0.493 e. The molecule has 0 bridgehead atoms. The predicted molar refractivity (Wildman–Crippen MR) is 97.2 cm³/mol. The van der Waals surface area contributed by atoms with Crippen LogP contribution in [0.4, 0.5) is 0 Å². The van der Waals surface area contributed by atoms with Gasteiger partial charge in [-0.05, 0) is 44.5 Å². The van der Waals surface area contributed by atoms with Crippen LogP contribution in [0.5, 0.6) is 11.5 Å². The van der Waals surface area contributed by atoms with E-state index in [2.05, 4.69) is 34.3 Å². The normalized spacial score (nSPS) is 23.2. The minimum absolute atomic E-state index is 0.262. The van der Waals surface area contributed by atoms with Crippen LogP contribution in [0.3, 0.4) is 0 Å². The third-order valence-electron chi connectivity index (χ3n) is 5.05. The Morgan fingerprint density at radius 1 is 1.21 bits per heavy atom. The van der Waals surface area contributed by atoms with E-state index in [4.69, 9.17) is 9.47 Å². The van der Waals surface area contributed by atoms with Crippen molar-refractivity contribution >= 4 is 0 Å². The summed E-state index contributed by atoms with van der Waals surface area (Å²) in [5.74, 6) is 1.82. The van der Waals surface area contributed by atoms with Crippen molar-refractivity contribution in [2.24, 2.45) is 0 Å². The molecule has 134 valence electrons. The van der Waals surface area contributed by atoms with Crippen LogP contribution in [-0.4, -0.2) is 75.9 Å². The van der Waals surface area contributed by atoms with Gasteiger partial charge in [0.05, 0.1) is 7.11 Å².